The molecule has 3 aromatic rings. The van der Waals surface area contributed by atoms with Gasteiger partial charge in [0.15, 0.2) is 0 Å². The number of pyridine rings is 1. The first-order valence-corrected chi connectivity index (χ1v) is 6.93. The van der Waals surface area contributed by atoms with Crippen molar-refractivity contribution in [3.8, 4) is 11.1 Å². The van der Waals surface area contributed by atoms with Gasteiger partial charge in [-0.3, -0.25) is 9.78 Å². The number of halogens is 1. The number of aromatic nitrogens is 1. The van der Waals surface area contributed by atoms with Crippen molar-refractivity contribution < 1.29 is 14.3 Å². The van der Waals surface area contributed by atoms with E-state index < -0.39 is 17.7 Å². The monoisotopic (exact) mass is 295 g/mol. The third-order valence-electron chi connectivity index (χ3n) is 3.77. The lowest BCUT2D eigenvalue weighted by Gasteiger charge is -2.10. The topological polar surface area (TPSA) is 50.2 Å². The van der Waals surface area contributed by atoms with Crippen LogP contribution in [0.2, 0.25) is 0 Å². The zero-order valence-corrected chi connectivity index (χ0v) is 12.0. The number of carbonyl (C=O) groups is 1. The Morgan fingerprint density at radius 1 is 1.18 bits per heavy atom. The van der Waals surface area contributed by atoms with Gasteiger partial charge in [-0.1, -0.05) is 30.3 Å². The molecule has 0 fully saturated rings. The zero-order chi connectivity index (χ0) is 15.7. The number of nitrogens with zero attached hydrogens (tertiary/aromatic N) is 1. The molecule has 0 bridgehead atoms. The Kier molecular flexibility index (Phi) is 3.59. The largest absolute Gasteiger partial charge is 0.481 e. The van der Waals surface area contributed by atoms with E-state index in [2.05, 4.69) is 4.98 Å². The highest BCUT2D eigenvalue weighted by Gasteiger charge is 2.16. The number of para-hydroxylation sites is 1. The first-order valence-electron chi connectivity index (χ1n) is 6.93. The van der Waals surface area contributed by atoms with E-state index in [-0.39, 0.29) is 0 Å². The van der Waals surface area contributed by atoms with Crippen molar-refractivity contribution in [1.82, 2.24) is 4.98 Å². The molecule has 22 heavy (non-hydrogen) atoms. The SMILES string of the molecule is CC(C(=O)O)c1ccc(-c2cnc3ccccc3c2)c(F)c1. The van der Waals surface area contributed by atoms with Gasteiger partial charge < -0.3 is 5.11 Å². The van der Waals surface area contributed by atoms with E-state index >= 15 is 0 Å². The van der Waals surface area contributed by atoms with E-state index in [0.29, 0.717) is 16.7 Å². The molecule has 1 N–H and O–H groups in total. The number of carboxylic acid groups (broad SMARTS) is 1. The summed E-state index contributed by atoms with van der Waals surface area (Å²) in [6, 6.07) is 14.0. The Morgan fingerprint density at radius 3 is 2.68 bits per heavy atom. The van der Waals surface area contributed by atoms with E-state index in [1.807, 2.05) is 30.3 Å². The molecule has 3 rings (SSSR count). The first-order chi connectivity index (χ1) is 10.6. The van der Waals surface area contributed by atoms with Gasteiger partial charge in [-0.05, 0) is 30.7 Å². The van der Waals surface area contributed by atoms with Crippen molar-refractivity contribution in [3.05, 3.63) is 66.1 Å². The van der Waals surface area contributed by atoms with Crippen LogP contribution < -0.4 is 0 Å². The van der Waals surface area contributed by atoms with Crippen LogP contribution in [0.1, 0.15) is 18.4 Å². The molecule has 1 unspecified atom stereocenters. The molecule has 0 aliphatic heterocycles. The summed E-state index contributed by atoms with van der Waals surface area (Å²) in [7, 11) is 0. The van der Waals surface area contributed by atoms with Gasteiger partial charge in [-0.25, -0.2) is 4.39 Å². The minimum absolute atomic E-state index is 0.416. The predicted octanol–water partition coefficient (Wildman–Crippen LogP) is 4.23. The highest BCUT2D eigenvalue weighted by Crippen LogP contribution is 2.28. The second-order valence-corrected chi connectivity index (χ2v) is 5.22. The second kappa shape index (κ2) is 5.56. The van der Waals surface area contributed by atoms with Crippen molar-refractivity contribution in [1.29, 1.82) is 0 Å². The average molecular weight is 295 g/mol. The zero-order valence-electron chi connectivity index (χ0n) is 12.0. The maximum atomic E-state index is 14.3. The number of rotatable bonds is 3. The van der Waals surface area contributed by atoms with Crippen LogP contribution in [0.5, 0.6) is 0 Å². The lowest BCUT2D eigenvalue weighted by atomic mass is 9.97. The highest BCUT2D eigenvalue weighted by molar-refractivity contribution is 5.83. The maximum Gasteiger partial charge on any atom is 0.310 e. The summed E-state index contributed by atoms with van der Waals surface area (Å²) in [5.41, 5.74) is 2.38. The Balaban J connectivity index is 2.05. The van der Waals surface area contributed by atoms with Gasteiger partial charge in [0.1, 0.15) is 5.82 Å². The minimum Gasteiger partial charge on any atom is -0.481 e. The van der Waals surface area contributed by atoms with Crippen LogP contribution in [0.25, 0.3) is 22.0 Å². The van der Waals surface area contributed by atoms with Gasteiger partial charge in [0.05, 0.1) is 11.4 Å². The normalized spacial score (nSPS) is 12.3. The van der Waals surface area contributed by atoms with E-state index in [9.17, 15) is 9.18 Å². The number of benzene rings is 2. The van der Waals surface area contributed by atoms with Crippen LogP contribution in [0, 0.1) is 5.82 Å². The fourth-order valence-corrected chi connectivity index (χ4v) is 2.40. The summed E-state index contributed by atoms with van der Waals surface area (Å²) in [6.07, 6.45) is 1.63. The molecule has 0 amide bonds. The summed E-state index contributed by atoms with van der Waals surface area (Å²) < 4.78 is 14.3. The Labute approximate surface area is 127 Å². The highest BCUT2D eigenvalue weighted by atomic mass is 19.1. The van der Waals surface area contributed by atoms with Crippen LogP contribution in [-0.2, 0) is 4.79 Å². The van der Waals surface area contributed by atoms with Crippen LogP contribution in [0.4, 0.5) is 4.39 Å². The summed E-state index contributed by atoms with van der Waals surface area (Å²) in [4.78, 5) is 15.3. The van der Waals surface area contributed by atoms with Gasteiger partial charge in [0.25, 0.3) is 0 Å². The van der Waals surface area contributed by atoms with E-state index in [1.54, 1.807) is 18.3 Å². The van der Waals surface area contributed by atoms with Crippen molar-refractivity contribution in [3.63, 3.8) is 0 Å². The van der Waals surface area contributed by atoms with Gasteiger partial charge in [0, 0.05) is 22.7 Å². The molecule has 110 valence electrons. The molecule has 0 radical (unpaired) electrons. The standard InChI is InChI=1S/C18H14FNO2/c1-11(18(21)22)12-6-7-15(16(19)9-12)14-8-13-4-2-3-5-17(13)20-10-14/h2-11H,1H3,(H,21,22). The number of carboxylic acids is 1. The van der Waals surface area contributed by atoms with Crippen LogP contribution in [0.3, 0.4) is 0 Å². The number of fused-ring (bicyclic) bond motifs is 1. The second-order valence-electron chi connectivity index (χ2n) is 5.22. The fraction of sp³-hybridized carbons (Fsp3) is 0.111. The molecule has 1 aromatic heterocycles. The van der Waals surface area contributed by atoms with Gasteiger partial charge in [0.2, 0.25) is 0 Å². The first kappa shape index (κ1) is 14.2. The molecule has 2 aromatic carbocycles. The molecule has 0 saturated carbocycles. The molecule has 0 aliphatic rings. The summed E-state index contributed by atoms with van der Waals surface area (Å²) in [5.74, 6) is -2.15. The molecule has 3 nitrogen and oxygen atoms in total. The fourth-order valence-electron chi connectivity index (χ4n) is 2.40. The van der Waals surface area contributed by atoms with Crippen molar-refractivity contribution in [2.45, 2.75) is 12.8 Å². The quantitative estimate of drug-likeness (QED) is 0.786. The summed E-state index contributed by atoms with van der Waals surface area (Å²) in [5, 5.41) is 9.93. The van der Waals surface area contributed by atoms with Gasteiger partial charge in [-0.2, -0.15) is 0 Å². The molecular weight excluding hydrogens is 281 g/mol. The van der Waals surface area contributed by atoms with Crippen LogP contribution >= 0.6 is 0 Å². The minimum atomic E-state index is -0.973. The average Bonchev–Trinajstić information content (AvgIpc) is 2.53. The summed E-state index contributed by atoms with van der Waals surface area (Å²) >= 11 is 0. The third-order valence-corrected chi connectivity index (χ3v) is 3.77. The predicted molar refractivity (Wildman–Crippen MR) is 83.2 cm³/mol. The molecule has 1 atom stereocenters. The third kappa shape index (κ3) is 2.55. The van der Waals surface area contributed by atoms with Crippen molar-refractivity contribution in [2.24, 2.45) is 0 Å². The molecule has 0 aliphatic carbocycles. The Morgan fingerprint density at radius 2 is 1.95 bits per heavy atom. The molecule has 0 spiro atoms. The molecule has 0 saturated heterocycles. The van der Waals surface area contributed by atoms with Gasteiger partial charge >= 0.3 is 5.97 Å². The van der Waals surface area contributed by atoms with Crippen LogP contribution in [0.15, 0.2) is 54.7 Å². The van der Waals surface area contributed by atoms with Crippen LogP contribution in [-0.4, -0.2) is 16.1 Å². The lowest BCUT2D eigenvalue weighted by Crippen LogP contribution is -2.07. The smallest absolute Gasteiger partial charge is 0.310 e. The lowest BCUT2D eigenvalue weighted by molar-refractivity contribution is -0.138. The van der Waals surface area contributed by atoms with E-state index in [0.717, 1.165) is 10.9 Å². The maximum absolute atomic E-state index is 14.3. The number of hydrogen-bond donors (Lipinski definition) is 1. The summed E-state index contributed by atoms with van der Waals surface area (Å²) in [6.45, 7) is 1.54. The molecular formula is C18H14FNO2. The van der Waals surface area contributed by atoms with Gasteiger partial charge in [-0.15, -0.1) is 0 Å². The van der Waals surface area contributed by atoms with E-state index in [4.69, 9.17) is 5.11 Å². The number of hydrogen-bond acceptors (Lipinski definition) is 2. The molecule has 1 heterocycles. The Hall–Kier alpha value is -2.75. The van der Waals surface area contributed by atoms with Crippen molar-refractivity contribution >= 4 is 16.9 Å². The molecule has 4 heteroatoms. The Bertz CT molecular complexity index is 861. The van der Waals surface area contributed by atoms with E-state index in [1.165, 1.54) is 13.0 Å². The van der Waals surface area contributed by atoms with Crippen molar-refractivity contribution in [2.75, 3.05) is 0 Å². The number of aliphatic carboxylic acids is 1.